The third kappa shape index (κ3) is 3.17. The molecule has 6 heteroatoms. The predicted molar refractivity (Wildman–Crippen MR) is 63.4 cm³/mol. The Bertz CT molecular complexity index is 500. The van der Waals surface area contributed by atoms with Crippen molar-refractivity contribution in [2.24, 2.45) is 5.73 Å². The minimum atomic E-state index is -3.66. The van der Waals surface area contributed by atoms with Crippen LogP contribution >= 0.6 is 0 Å². The van der Waals surface area contributed by atoms with E-state index in [4.69, 9.17) is 10.5 Å². The Morgan fingerprint density at radius 3 is 2.53 bits per heavy atom. The molecule has 0 fully saturated rings. The minimum Gasteiger partial charge on any atom is -0.495 e. The van der Waals surface area contributed by atoms with Gasteiger partial charge in [-0.05, 0) is 31.0 Å². The summed E-state index contributed by atoms with van der Waals surface area (Å²) in [5, 5.41) is 0. The predicted octanol–water partition coefficient (Wildman–Crippen LogP) is 1.13. The van der Waals surface area contributed by atoms with E-state index in [0.29, 0.717) is 24.9 Å². The summed E-state index contributed by atoms with van der Waals surface area (Å²) in [6.45, 7) is 0.430. The molecule has 0 aliphatic heterocycles. The molecule has 1 rings (SSSR count). The van der Waals surface area contributed by atoms with Crippen LogP contribution in [0.4, 0.5) is 4.39 Å². The number of ether oxygens (including phenoxy) is 1. The molecule has 0 atom stereocenters. The molecule has 4 nitrogen and oxygen atoms in total. The number of nitrogens with two attached hydrogens (primary N) is 1. The van der Waals surface area contributed by atoms with Crippen LogP contribution < -0.4 is 10.5 Å². The molecule has 17 heavy (non-hydrogen) atoms. The maximum absolute atomic E-state index is 14.0. The zero-order valence-electron chi connectivity index (χ0n) is 9.86. The van der Waals surface area contributed by atoms with E-state index in [1.54, 1.807) is 0 Å². The fourth-order valence-electron chi connectivity index (χ4n) is 1.57. The lowest BCUT2D eigenvalue weighted by Crippen LogP contribution is -2.08. The molecule has 2 N–H and O–H groups in total. The van der Waals surface area contributed by atoms with Crippen LogP contribution in [-0.2, 0) is 16.3 Å². The second kappa shape index (κ2) is 5.46. The Morgan fingerprint density at radius 1 is 1.41 bits per heavy atom. The molecular formula is C11H16FNO3S. The number of hydrogen-bond donors (Lipinski definition) is 1. The van der Waals surface area contributed by atoms with Gasteiger partial charge in [0, 0.05) is 6.26 Å². The van der Waals surface area contributed by atoms with Gasteiger partial charge in [-0.1, -0.05) is 6.07 Å². The van der Waals surface area contributed by atoms with Gasteiger partial charge < -0.3 is 10.5 Å². The first kappa shape index (κ1) is 13.9. The lowest BCUT2D eigenvalue weighted by molar-refractivity contribution is 0.393. The Labute approximate surface area is 101 Å². The number of methoxy groups -OCH3 is 1. The molecule has 0 aliphatic rings. The van der Waals surface area contributed by atoms with Gasteiger partial charge in [0.25, 0.3) is 0 Å². The molecule has 0 bridgehead atoms. The van der Waals surface area contributed by atoms with Crippen LogP contribution in [0.5, 0.6) is 5.75 Å². The largest absolute Gasteiger partial charge is 0.495 e. The quantitative estimate of drug-likeness (QED) is 0.862. The molecule has 0 radical (unpaired) electrons. The third-order valence-electron chi connectivity index (χ3n) is 2.38. The molecule has 1 aromatic carbocycles. The van der Waals surface area contributed by atoms with Crippen LogP contribution in [0.3, 0.4) is 0 Å². The van der Waals surface area contributed by atoms with Crippen LogP contribution in [0.2, 0.25) is 0 Å². The number of hydrogen-bond acceptors (Lipinski definition) is 4. The highest BCUT2D eigenvalue weighted by molar-refractivity contribution is 7.90. The lowest BCUT2D eigenvalue weighted by Gasteiger charge is -2.11. The van der Waals surface area contributed by atoms with E-state index in [1.807, 2.05) is 0 Å². The Balaban J connectivity index is 3.33. The molecule has 0 amide bonds. The van der Waals surface area contributed by atoms with Gasteiger partial charge in [-0.2, -0.15) is 0 Å². The second-order valence-electron chi connectivity index (χ2n) is 3.73. The Morgan fingerprint density at radius 2 is 2.06 bits per heavy atom. The summed E-state index contributed by atoms with van der Waals surface area (Å²) in [6.07, 6.45) is 1.97. The van der Waals surface area contributed by atoms with Crippen LogP contribution in [0.25, 0.3) is 0 Å². The van der Waals surface area contributed by atoms with Crippen LogP contribution in [0.1, 0.15) is 12.0 Å². The van der Waals surface area contributed by atoms with Crippen molar-refractivity contribution in [3.8, 4) is 5.75 Å². The van der Waals surface area contributed by atoms with Gasteiger partial charge >= 0.3 is 0 Å². The third-order valence-corrected chi connectivity index (χ3v) is 3.50. The summed E-state index contributed by atoms with van der Waals surface area (Å²) in [4.78, 5) is -0.380. The van der Waals surface area contributed by atoms with Crippen LogP contribution in [0.15, 0.2) is 17.0 Å². The fraction of sp³-hybridized carbons (Fsp3) is 0.455. The van der Waals surface area contributed by atoms with Crippen molar-refractivity contribution < 1.29 is 17.5 Å². The SMILES string of the molecule is COc1ccc(CCCN)c(F)c1S(C)(=O)=O. The van der Waals surface area contributed by atoms with Crippen molar-refractivity contribution in [2.75, 3.05) is 19.9 Å². The van der Waals surface area contributed by atoms with E-state index in [2.05, 4.69) is 0 Å². The van der Waals surface area contributed by atoms with E-state index >= 15 is 0 Å². The van der Waals surface area contributed by atoms with Gasteiger partial charge in [0.05, 0.1) is 7.11 Å². The van der Waals surface area contributed by atoms with Crippen LogP contribution in [-0.4, -0.2) is 28.3 Å². The Kier molecular flexibility index (Phi) is 4.47. The van der Waals surface area contributed by atoms with Gasteiger partial charge in [-0.3, -0.25) is 0 Å². The summed E-state index contributed by atoms with van der Waals surface area (Å²) >= 11 is 0. The highest BCUT2D eigenvalue weighted by Gasteiger charge is 2.22. The summed E-state index contributed by atoms with van der Waals surface area (Å²) in [7, 11) is -2.35. The molecular weight excluding hydrogens is 245 g/mol. The smallest absolute Gasteiger partial charge is 0.182 e. The fourth-order valence-corrected chi connectivity index (χ4v) is 2.54. The van der Waals surface area contributed by atoms with Gasteiger partial charge in [-0.15, -0.1) is 0 Å². The van der Waals surface area contributed by atoms with E-state index < -0.39 is 15.7 Å². The molecule has 96 valence electrons. The zero-order valence-corrected chi connectivity index (χ0v) is 10.7. The zero-order chi connectivity index (χ0) is 13.1. The second-order valence-corrected chi connectivity index (χ2v) is 5.69. The summed E-state index contributed by atoms with van der Waals surface area (Å²) < 4.78 is 41.9. The first-order valence-electron chi connectivity index (χ1n) is 5.17. The van der Waals surface area contributed by atoms with Crippen molar-refractivity contribution in [3.63, 3.8) is 0 Å². The summed E-state index contributed by atoms with van der Waals surface area (Å²) in [5.41, 5.74) is 5.69. The van der Waals surface area contributed by atoms with Gasteiger partial charge in [0.2, 0.25) is 0 Å². The molecule has 0 unspecified atom stereocenters. The lowest BCUT2D eigenvalue weighted by atomic mass is 10.1. The molecule has 0 saturated carbocycles. The molecule has 0 spiro atoms. The number of aryl methyl sites for hydroxylation is 1. The monoisotopic (exact) mass is 261 g/mol. The molecule has 0 aromatic heterocycles. The van der Waals surface area contributed by atoms with Gasteiger partial charge in [0.15, 0.2) is 9.84 Å². The normalized spacial score (nSPS) is 11.5. The Hall–Kier alpha value is -1.14. The first-order valence-corrected chi connectivity index (χ1v) is 7.06. The molecule has 0 aliphatic carbocycles. The number of halogens is 1. The van der Waals surface area contributed by atoms with Crippen molar-refractivity contribution in [1.29, 1.82) is 0 Å². The first-order chi connectivity index (χ1) is 7.91. The van der Waals surface area contributed by atoms with Crippen molar-refractivity contribution in [1.82, 2.24) is 0 Å². The maximum atomic E-state index is 14.0. The highest BCUT2D eigenvalue weighted by atomic mass is 32.2. The topological polar surface area (TPSA) is 69.4 Å². The van der Waals surface area contributed by atoms with Crippen LogP contribution in [0, 0.1) is 5.82 Å². The van der Waals surface area contributed by atoms with Crippen molar-refractivity contribution in [3.05, 3.63) is 23.5 Å². The molecule has 0 heterocycles. The van der Waals surface area contributed by atoms with Crippen molar-refractivity contribution >= 4 is 9.84 Å². The molecule has 0 saturated heterocycles. The average Bonchev–Trinajstić information content (AvgIpc) is 2.25. The average molecular weight is 261 g/mol. The minimum absolute atomic E-state index is 0.0292. The number of rotatable bonds is 5. The standard InChI is InChI=1S/C11H16FNO3S/c1-16-9-6-5-8(4-3-7-13)10(12)11(9)17(2,14)15/h5-6H,3-4,7,13H2,1-2H3. The number of sulfone groups is 1. The van der Waals surface area contributed by atoms with E-state index in [9.17, 15) is 12.8 Å². The summed E-state index contributed by atoms with van der Waals surface area (Å²) in [6, 6.07) is 2.99. The van der Waals surface area contributed by atoms with E-state index in [-0.39, 0.29) is 10.6 Å². The van der Waals surface area contributed by atoms with E-state index in [1.165, 1.54) is 19.2 Å². The highest BCUT2D eigenvalue weighted by Crippen LogP contribution is 2.29. The summed E-state index contributed by atoms with van der Waals surface area (Å²) in [5.74, 6) is -0.707. The molecule has 1 aromatic rings. The van der Waals surface area contributed by atoms with E-state index in [0.717, 1.165) is 6.26 Å². The maximum Gasteiger partial charge on any atom is 0.182 e. The van der Waals surface area contributed by atoms with Gasteiger partial charge in [-0.25, -0.2) is 12.8 Å². The van der Waals surface area contributed by atoms with Gasteiger partial charge in [0.1, 0.15) is 16.5 Å². The van der Waals surface area contributed by atoms with Crippen molar-refractivity contribution in [2.45, 2.75) is 17.7 Å². The number of benzene rings is 1.